The summed E-state index contributed by atoms with van der Waals surface area (Å²) in [5, 5.41) is 9.87. The lowest BCUT2D eigenvalue weighted by atomic mass is 9.98. The molecule has 5 nitrogen and oxygen atoms in total. The van der Waals surface area contributed by atoms with Crippen LogP contribution in [0.1, 0.15) is 28.8 Å². The van der Waals surface area contributed by atoms with Crippen LogP contribution >= 0.6 is 23.2 Å². The standard InChI is InChI=1S/C20H19Cl2NO4/c21-15-3-1-14(2-4-15)19(24)17-6-5-16(11-18(17)22)27-12-13-7-9-23(10-8-13)20(25)26/h1-6,11,13H,7-10,12H2,(H,25,26). The fraction of sp³-hybridized carbons (Fsp3) is 0.300. The number of carboxylic acid groups (broad SMARTS) is 1. The Kier molecular flexibility index (Phi) is 6.24. The van der Waals surface area contributed by atoms with Crippen molar-refractivity contribution < 1.29 is 19.4 Å². The van der Waals surface area contributed by atoms with Gasteiger partial charge in [-0.25, -0.2) is 4.79 Å². The second-order valence-corrected chi connectivity index (χ2v) is 7.35. The smallest absolute Gasteiger partial charge is 0.407 e. The van der Waals surface area contributed by atoms with Crippen molar-refractivity contribution in [3.63, 3.8) is 0 Å². The molecule has 2 aromatic carbocycles. The first-order valence-corrected chi connectivity index (χ1v) is 9.40. The van der Waals surface area contributed by atoms with E-state index in [9.17, 15) is 9.59 Å². The van der Waals surface area contributed by atoms with Gasteiger partial charge in [-0.05, 0) is 61.2 Å². The van der Waals surface area contributed by atoms with Gasteiger partial charge in [-0.3, -0.25) is 4.79 Å². The molecule has 0 saturated carbocycles. The normalized spacial score (nSPS) is 14.8. The molecule has 3 rings (SSSR count). The van der Waals surface area contributed by atoms with Gasteiger partial charge >= 0.3 is 6.09 Å². The molecule has 0 aliphatic carbocycles. The number of hydrogen-bond acceptors (Lipinski definition) is 3. The summed E-state index contributed by atoms with van der Waals surface area (Å²) in [6, 6.07) is 11.7. The minimum atomic E-state index is -0.873. The Labute approximate surface area is 167 Å². The molecular weight excluding hydrogens is 389 g/mol. The first-order valence-electron chi connectivity index (χ1n) is 8.64. The average Bonchev–Trinajstić information content (AvgIpc) is 2.67. The van der Waals surface area contributed by atoms with Crippen LogP contribution in [0.25, 0.3) is 0 Å². The molecule has 1 heterocycles. The molecule has 0 bridgehead atoms. The molecule has 0 radical (unpaired) electrons. The van der Waals surface area contributed by atoms with Gasteiger partial charge in [0.1, 0.15) is 5.75 Å². The first kappa shape index (κ1) is 19.5. The highest BCUT2D eigenvalue weighted by atomic mass is 35.5. The summed E-state index contributed by atoms with van der Waals surface area (Å²) >= 11 is 12.1. The summed E-state index contributed by atoms with van der Waals surface area (Å²) < 4.78 is 5.80. The molecule has 142 valence electrons. The number of amides is 1. The van der Waals surface area contributed by atoms with E-state index in [1.165, 1.54) is 4.90 Å². The SMILES string of the molecule is O=C(c1ccc(Cl)cc1)c1ccc(OCC2CCN(C(=O)O)CC2)cc1Cl. The molecule has 1 aliphatic heterocycles. The van der Waals surface area contributed by atoms with E-state index in [-0.39, 0.29) is 5.78 Å². The second-order valence-electron chi connectivity index (χ2n) is 6.50. The molecule has 1 N–H and O–H groups in total. The highest BCUT2D eigenvalue weighted by molar-refractivity contribution is 6.35. The van der Waals surface area contributed by atoms with Gasteiger partial charge in [0.2, 0.25) is 0 Å². The van der Waals surface area contributed by atoms with Crippen LogP contribution in [-0.4, -0.2) is 41.6 Å². The van der Waals surface area contributed by atoms with E-state index in [0.717, 1.165) is 12.8 Å². The Bertz CT molecular complexity index is 830. The van der Waals surface area contributed by atoms with E-state index in [2.05, 4.69) is 0 Å². The van der Waals surface area contributed by atoms with Gasteiger partial charge in [-0.2, -0.15) is 0 Å². The Morgan fingerprint density at radius 1 is 1.07 bits per heavy atom. The lowest BCUT2D eigenvalue weighted by Crippen LogP contribution is -2.38. The van der Waals surface area contributed by atoms with Crippen LogP contribution in [-0.2, 0) is 0 Å². The number of benzene rings is 2. The van der Waals surface area contributed by atoms with Crippen molar-refractivity contribution in [1.82, 2.24) is 4.90 Å². The number of piperidine rings is 1. The largest absolute Gasteiger partial charge is 0.493 e. The minimum Gasteiger partial charge on any atom is -0.493 e. The van der Waals surface area contributed by atoms with Crippen molar-refractivity contribution >= 4 is 35.1 Å². The predicted octanol–water partition coefficient (Wildman–Crippen LogP) is 4.99. The summed E-state index contributed by atoms with van der Waals surface area (Å²) in [5.74, 6) is 0.715. The van der Waals surface area contributed by atoms with Gasteiger partial charge in [0.15, 0.2) is 5.78 Å². The van der Waals surface area contributed by atoms with Crippen molar-refractivity contribution in [1.29, 1.82) is 0 Å². The summed E-state index contributed by atoms with van der Waals surface area (Å²) in [7, 11) is 0. The quantitative estimate of drug-likeness (QED) is 0.708. The van der Waals surface area contributed by atoms with Crippen LogP contribution in [0.15, 0.2) is 42.5 Å². The molecule has 1 amide bonds. The van der Waals surface area contributed by atoms with Crippen LogP contribution in [0, 0.1) is 5.92 Å². The van der Waals surface area contributed by atoms with Crippen molar-refractivity contribution in [3.05, 3.63) is 63.6 Å². The van der Waals surface area contributed by atoms with Crippen LogP contribution < -0.4 is 4.74 Å². The van der Waals surface area contributed by atoms with Gasteiger partial charge in [0.05, 0.1) is 11.6 Å². The van der Waals surface area contributed by atoms with Crippen molar-refractivity contribution in [3.8, 4) is 5.75 Å². The zero-order chi connectivity index (χ0) is 19.4. The summed E-state index contributed by atoms with van der Waals surface area (Å²) in [5.41, 5.74) is 0.918. The third-order valence-corrected chi connectivity index (χ3v) is 5.23. The lowest BCUT2D eigenvalue weighted by molar-refractivity contribution is 0.103. The van der Waals surface area contributed by atoms with E-state index in [0.29, 0.717) is 52.5 Å². The number of rotatable bonds is 5. The van der Waals surface area contributed by atoms with Crippen molar-refractivity contribution in [2.45, 2.75) is 12.8 Å². The number of nitrogens with zero attached hydrogens (tertiary/aromatic N) is 1. The van der Waals surface area contributed by atoms with Crippen LogP contribution in [0.5, 0.6) is 5.75 Å². The van der Waals surface area contributed by atoms with E-state index < -0.39 is 6.09 Å². The number of halogens is 2. The fourth-order valence-electron chi connectivity index (χ4n) is 3.03. The second kappa shape index (κ2) is 8.63. The Morgan fingerprint density at radius 2 is 1.74 bits per heavy atom. The number of likely N-dealkylation sites (tertiary alicyclic amines) is 1. The molecule has 1 fully saturated rings. The molecule has 27 heavy (non-hydrogen) atoms. The van der Waals surface area contributed by atoms with E-state index in [1.54, 1.807) is 42.5 Å². The van der Waals surface area contributed by atoms with E-state index in [1.807, 2.05) is 0 Å². The molecular formula is C20H19Cl2NO4. The van der Waals surface area contributed by atoms with Gasteiger partial charge in [0.25, 0.3) is 0 Å². The van der Waals surface area contributed by atoms with Gasteiger partial charge in [-0.15, -0.1) is 0 Å². The van der Waals surface area contributed by atoms with Crippen LogP contribution in [0.2, 0.25) is 10.0 Å². The van der Waals surface area contributed by atoms with Gasteiger partial charge in [-0.1, -0.05) is 23.2 Å². The maximum atomic E-state index is 12.6. The topological polar surface area (TPSA) is 66.8 Å². The Balaban J connectivity index is 1.59. The molecule has 0 aromatic heterocycles. The Hall–Kier alpha value is -2.24. The molecule has 0 spiro atoms. The minimum absolute atomic E-state index is 0.177. The summed E-state index contributed by atoms with van der Waals surface area (Å²) in [6.07, 6.45) is 0.669. The molecule has 1 saturated heterocycles. The monoisotopic (exact) mass is 407 g/mol. The average molecular weight is 408 g/mol. The number of hydrogen-bond donors (Lipinski definition) is 1. The van der Waals surface area contributed by atoms with Crippen molar-refractivity contribution in [2.75, 3.05) is 19.7 Å². The zero-order valence-electron chi connectivity index (χ0n) is 14.5. The van der Waals surface area contributed by atoms with Crippen molar-refractivity contribution in [2.24, 2.45) is 5.92 Å². The summed E-state index contributed by atoms with van der Waals surface area (Å²) in [4.78, 5) is 24.9. The van der Waals surface area contributed by atoms with Crippen LogP contribution in [0.4, 0.5) is 4.79 Å². The molecule has 1 aliphatic rings. The maximum absolute atomic E-state index is 12.6. The zero-order valence-corrected chi connectivity index (χ0v) is 16.0. The number of carbonyl (C=O) groups excluding carboxylic acids is 1. The highest BCUT2D eigenvalue weighted by Gasteiger charge is 2.22. The third-order valence-electron chi connectivity index (χ3n) is 4.66. The summed E-state index contributed by atoms with van der Waals surface area (Å²) in [6.45, 7) is 1.55. The number of ether oxygens (including phenoxy) is 1. The molecule has 2 aromatic rings. The third kappa shape index (κ3) is 4.93. The van der Waals surface area contributed by atoms with E-state index in [4.69, 9.17) is 33.0 Å². The Morgan fingerprint density at radius 3 is 2.33 bits per heavy atom. The fourth-order valence-corrected chi connectivity index (χ4v) is 3.41. The highest BCUT2D eigenvalue weighted by Crippen LogP contribution is 2.26. The van der Waals surface area contributed by atoms with Gasteiger partial charge < -0.3 is 14.7 Å². The lowest BCUT2D eigenvalue weighted by Gasteiger charge is -2.29. The molecule has 7 heteroatoms. The van der Waals surface area contributed by atoms with Gasteiger partial charge in [0, 0.05) is 29.2 Å². The predicted molar refractivity (Wildman–Crippen MR) is 104 cm³/mol. The molecule has 0 atom stereocenters. The number of carbonyl (C=O) groups is 2. The van der Waals surface area contributed by atoms with Crippen LogP contribution in [0.3, 0.4) is 0 Å². The number of ketones is 1. The van der Waals surface area contributed by atoms with E-state index >= 15 is 0 Å². The maximum Gasteiger partial charge on any atom is 0.407 e. The first-order chi connectivity index (χ1) is 12.9. The molecule has 0 unspecified atom stereocenters.